The molecule has 0 radical (unpaired) electrons. The molecule has 3 rings (SSSR count). The second-order valence-corrected chi connectivity index (χ2v) is 5.09. The van der Waals surface area contributed by atoms with Crippen LogP contribution in [0.4, 0.5) is 4.79 Å². The number of carbonyl (C=O) groups is 1. The van der Waals surface area contributed by atoms with Gasteiger partial charge in [0.25, 0.3) is 0 Å². The molecular formula is C14H18N4O2. The number of aromatic nitrogens is 2. The molecule has 1 aliphatic rings. The SMILES string of the molecule is O=C(O)N1CCN[C@H](CCn2cnc3ccccc32)C1. The zero-order valence-corrected chi connectivity index (χ0v) is 11.2. The fraction of sp³-hybridized carbons (Fsp3) is 0.429. The Labute approximate surface area is 117 Å². The van der Waals surface area contributed by atoms with Gasteiger partial charge in [-0.15, -0.1) is 0 Å². The number of nitrogens with zero attached hydrogens (tertiary/aromatic N) is 3. The lowest BCUT2D eigenvalue weighted by atomic mass is 10.1. The summed E-state index contributed by atoms with van der Waals surface area (Å²) >= 11 is 0. The highest BCUT2D eigenvalue weighted by Gasteiger charge is 2.22. The van der Waals surface area contributed by atoms with Gasteiger partial charge < -0.3 is 19.9 Å². The number of rotatable bonds is 3. The molecule has 2 aromatic rings. The van der Waals surface area contributed by atoms with Crippen LogP contribution in [-0.2, 0) is 6.54 Å². The largest absolute Gasteiger partial charge is 0.465 e. The summed E-state index contributed by atoms with van der Waals surface area (Å²) in [5.74, 6) is 0. The quantitative estimate of drug-likeness (QED) is 0.887. The normalized spacial score (nSPS) is 19.4. The third kappa shape index (κ3) is 2.60. The van der Waals surface area contributed by atoms with Crippen LogP contribution in [0.1, 0.15) is 6.42 Å². The van der Waals surface area contributed by atoms with E-state index in [2.05, 4.69) is 20.9 Å². The number of benzene rings is 1. The van der Waals surface area contributed by atoms with Crippen LogP contribution in [0.25, 0.3) is 11.0 Å². The van der Waals surface area contributed by atoms with Crippen LogP contribution in [0.5, 0.6) is 0 Å². The third-order valence-corrected chi connectivity index (χ3v) is 3.77. The van der Waals surface area contributed by atoms with Gasteiger partial charge in [0.1, 0.15) is 0 Å². The average molecular weight is 274 g/mol. The summed E-state index contributed by atoms with van der Waals surface area (Å²) in [6.45, 7) is 2.69. The van der Waals surface area contributed by atoms with Gasteiger partial charge in [0, 0.05) is 32.2 Å². The van der Waals surface area contributed by atoms with E-state index in [1.165, 1.54) is 4.90 Å². The molecule has 6 heteroatoms. The lowest BCUT2D eigenvalue weighted by Crippen LogP contribution is -2.52. The molecule has 1 saturated heterocycles. The van der Waals surface area contributed by atoms with Crippen molar-refractivity contribution >= 4 is 17.1 Å². The summed E-state index contributed by atoms with van der Waals surface area (Å²) in [7, 11) is 0. The predicted octanol–water partition coefficient (Wildman–Crippen LogP) is 1.38. The monoisotopic (exact) mass is 274 g/mol. The first-order chi connectivity index (χ1) is 9.74. The number of amides is 1. The van der Waals surface area contributed by atoms with E-state index in [4.69, 9.17) is 5.11 Å². The number of aryl methyl sites for hydroxylation is 1. The molecule has 6 nitrogen and oxygen atoms in total. The maximum absolute atomic E-state index is 11.0. The first-order valence-corrected chi connectivity index (χ1v) is 6.85. The number of nitrogens with one attached hydrogen (secondary N) is 1. The van der Waals surface area contributed by atoms with E-state index in [-0.39, 0.29) is 6.04 Å². The number of piperazine rings is 1. The molecule has 1 amide bonds. The predicted molar refractivity (Wildman–Crippen MR) is 75.7 cm³/mol. The summed E-state index contributed by atoms with van der Waals surface area (Å²) in [4.78, 5) is 16.8. The molecule has 0 bridgehead atoms. The highest BCUT2D eigenvalue weighted by Crippen LogP contribution is 2.13. The smallest absolute Gasteiger partial charge is 0.407 e. The summed E-state index contributed by atoms with van der Waals surface area (Å²) < 4.78 is 2.12. The van der Waals surface area contributed by atoms with Crippen LogP contribution in [0.2, 0.25) is 0 Å². The van der Waals surface area contributed by atoms with Gasteiger partial charge in [0.2, 0.25) is 0 Å². The van der Waals surface area contributed by atoms with Crippen molar-refractivity contribution in [3.63, 3.8) is 0 Å². The molecule has 1 aromatic carbocycles. The highest BCUT2D eigenvalue weighted by atomic mass is 16.4. The maximum Gasteiger partial charge on any atom is 0.407 e. The molecule has 0 saturated carbocycles. The van der Waals surface area contributed by atoms with E-state index in [0.717, 1.165) is 30.5 Å². The first-order valence-electron chi connectivity index (χ1n) is 6.85. The van der Waals surface area contributed by atoms with Gasteiger partial charge in [0.05, 0.1) is 17.4 Å². The van der Waals surface area contributed by atoms with Gasteiger partial charge in [0.15, 0.2) is 0 Å². The molecule has 1 atom stereocenters. The van der Waals surface area contributed by atoms with Crippen molar-refractivity contribution in [3.8, 4) is 0 Å². The Hall–Kier alpha value is -2.08. The number of hydrogen-bond acceptors (Lipinski definition) is 3. The molecule has 1 aliphatic heterocycles. The Balaban J connectivity index is 1.63. The molecule has 0 aliphatic carbocycles. The zero-order valence-electron chi connectivity index (χ0n) is 11.2. The van der Waals surface area contributed by atoms with Gasteiger partial charge in [-0.25, -0.2) is 9.78 Å². The lowest BCUT2D eigenvalue weighted by molar-refractivity contribution is 0.127. The average Bonchev–Trinajstić information content (AvgIpc) is 2.89. The van der Waals surface area contributed by atoms with Crippen molar-refractivity contribution in [2.75, 3.05) is 19.6 Å². The third-order valence-electron chi connectivity index (χ3n) is 3.77. The number of fused-ring (bicyclic) bond motifs is 1. The number of imidazole rings is 1. The Morgan fingerprint density at radius 3 is 3.15 bits per heavy atom. The Morgan fingerprint density at radius 2 is 2.30 bits per heavy atom. The summed E-state index contributed by atoms with van der Waals surface area (Å²) in [5.41, 5.74) is 2.12. The maximum atomic E-state index is 11.0. The fourth-order valence-corrected chi connectivity index (χ4v) is 2.68. The fourth-order valence-electron chi connectivity index (χ4n) is 2.68. The van der Waals surface area contributed by atoms with Crippen LogP contribution >= 0.6 is 0 Å². The molecule has 0 spiro atoms. The first kappa shape index (κ1) is 12.9. The Morgan fingerprint density at radius 1 is 1.45 bits per heavy atom. The van der Waals surface area contributed by atoms with E-state index < -0.39 is 6.09 Å². The van der Waals surface area contributed by atoms with E-state index in [1.54, 1.807) is 0 Å². The molecule has 20 heavy (non-hydrogen) atoms. The van der Waals surface area contributed by atoms with Crippen molar-refractivity contribution in [2.45, 2.75) is 19.0 Å². The minimum atomic E-state index is -0.829. The summed E-state index contributed by atoms with van der Waals surface area (Å²) in [6, 6.07) is 8.25. The molecular weight excluding hydrogens is 256 g/mol. The Bertz CT molecular complexity index is 610. The van der Waals surface area contributed by atoms with Gasteiger partial charge >= 0.3 is 6.09 Å². The highest BCUT2D eigenvalue weighted by molar-refractivity contribution is 5.74. The molecule has 106 valence electrons. The van der Waals surface area contributed by atoms with Crippen LogP contribution in [0.3, 0.4) is 0 Å². The summed E-state index contributed by atoms with van der Waals surface area (Å²) in [6.07, 6.45) is 1.91. The van der Waals surface area contributed by atoms with Crippen LogP contribution in [0.15, 0.2) is 30.6 Å². The molecule has 1 aromatic heterocycles. The van der Waals surface area contributed by atoms with Crippen LogP contribution in [-0.4, -0.2) is 51.3 Å². The van der Waals surface area contributed by atoms with Crippen molar-refractivity contribution in [1.29, 1.82) is 0 Å². The van der Waals surface area contributed by atoms with Crippen LogP contribution < -0.4 is 5.32 Å². The molecule has 0 unspecified atom stereocenters. The van der Waals surface area contributed by atoms with Crippen LogP contribution in [0, 0.1) is 0 Å². The van der Waals surface area contributed by atoms with Gasteiger partial charge in [-0.2, -0.15) is 0 Å². The van der Waals surface area contributed by atoms with Crippen molar-refractivity contribution in [1.82, 2.24) is 19.8 Å². The molecule has 2 heterocycles. The van der Waals surface area contributed by atoms with Crippen molar-refractivity contribution < 1.29 is 9.90 Å². The minimum absolute atomic E-state index is 0.209. The van der Waals surface area contributed by atoms with E-state index in [1.807, 2.05) is 24.5 Å². The standard InChI is InChI=1S/C14H18N4O2/c19-14(20)17-8-6-15-11(9-17)5-7-18-10-16-12-3-1-2-4-13(12)18/h1-4,10-11,15H,5-9H2,(H,19,20)/t11-/m1/s1. The van der Waals surface area contributed by atoms with E-state index in [0.29, 0.717) is 13.1 Å². The van der Waals surface area contributed by atoms with Crippen molar-refractivity contribution in [3.05, 3.63) is 30.6 Å². The lowest BCUT2D eigenvalue weighted by Gasteiger charge is -2.31. The van der Waals surface area contributed by atoms with Gasteiger partial charge in [-0.05, 0) is 18.6 Å². The van der Waals surface area contributed by atoms with Gasteiger partial charge in [-0.3, -0.25) is 0 Å². The number of carboxylic acid groups (broad SMARTS) is 1. The second-order valence-electron chi connectivity index (χ2n) is 5.09. The summed E-state index contributed by atoms with van der Waals surface area (Å²) in [5, 5.41) is 12.4. The molecule has 2 N–H and O–H groups in total. The zero-order chi connectivity index (χ0) is 13.9. The number of hydrogen-bond donors (Lipinski definition) is 2. The minimum Gasteiger partial charge on any atom is -0.465 e. The number of para-hydroxylation sites is 2. The second kappa shape index (κ2) is 5.50. The Kier molecular flexibility index (Phi) is 3.56. The van der Waals surface area contributed by atoms with Crippen molar-refractivity contribution in [2.24, 2.45) is 0 Å². The van der Waals surface area contributed by atoms with E-state index >= 15 is 0 Å². The topological polar surface area (TPSA) is 70.4 Å². The molecule has 1 fully saturated rings. The van der Waals surface area contributed by atoms with E-state index in [9.17, 15) is 4.79 Å². The van der Waals surface area contributed by atoms with Gasteiger partial charge in [-0.1, -0.05) is 12.1 Å².